The summed E-state index contributed by atoms with van der Waals surface area (Å²) in [5.74, 6) is 0.226. The van der Waals surface area contributed by atoms with E-state index in [4.69, 9.17) is 0 Å². The van der Waals surface area contributed by atoms with Crippen LogP contribution in [0.2, 0.25) is 0 Å². The third-order valence-electron chi connectivity index (χ3n) is 3.72. The van der Waals surface area contributed by atoms with Crippen molar-refractivity contribution in [2.24, 2.45) is 5.92 Å². The minimum absolute atomic E-state index is 0.0275. The largest absolute Gasteiger partial charge is 0.394 e. The smallest absolute Gasteiger partial charge is 0.315 e. The predicted molar refractivity (Wildman–Crippen MR) is 79.5 cm³/mol. The topological polar surface area (TPSA) is 61.4 Å². The van der Waals surface area contributed by atoms with Gasteiger partial charge < -0.3 is 15.7 Å². The molecule has 0 spiro atoms. The summed E-state index contributed by atoms with van der Waals surface area (Å²) in [5.41, 5.74) is 0.656. The third kappa shape index (κ3) is 4.43. The van der Waals surface area contributed by atoms with E-state index in [1.165, 1.54) is 6.07 Å². The molecule has 0 aromatic heterocycles. The summed E-state index contributed by atoms with van der Waals surface area (Å²) in [5, 5.41) is 14.8. The van der Waals surface area contributed by atoms with Gasteiger partial charge in [0.05, 0.1) is 12.6 Å². The molecule has 4 nitrogen and oxygen atoms in total. The molecule has 2 amide bonds. The Labute approximate surface area is 124 Å². The third-order valence-corrected chi connectivity index (χ3v) is 3.72. The summed E-state index contributed by atoms with van der Waals surface area (Å²) in [6, 6.07) is 6.10. The Kier molecular flexibility index (Phi) is 5.17. The van der Waals surface area contributed by atoms with Gasteiger partial charge in [-0.15, -0.1) is 0 Å². The molecule has 1 aromatic rings. The standard InChI is InChI=1S/C16H23FN2O2/c1-10(2)7-11(9-20)18-16(21)19-15-8-13(15)12-5-3-4-6-14(12)17/h3-6,10-11,13,15,20H,7-9H2,1-2H3,(H2,18,19,21). The summed E-state index contributed by atoms with van der Waals surface area (Å²) in [6.45, 7) is 4.00. The zero-order valence-electron chi connectivity index (χ0n) is 12.5. The molecule has 3 unspecified atom stereocenters. The molecule has 0 heterocycles. The average Bonchev–Trinajstić information content (AvgIpc) is 3.16. The van der Waals surface area contributed by atoms with E-state index in [1.807, 2.05) is 13.8 Å². The second kappa shape index (κ2) is 6.89. The Morgan fingerprint density at radius 2 is 2.14 bits per heavy atom. The molecule has 0 aliphatic heterocycles. The number of aliphatic hydroxyl groups is 1. The molecule has 2 rings (SSSR count). The maximum Gasteiger partial charge on any atom is 0.315 e. The number of urea groups is 1. The molecule has 1 aliphatic rings. The van der Waals surface area contributed by atoms with Crippen molar-refractivity contribution < 1.29 is 14.3 Å². The van der Waals surface area contributed by atoms with Crippen molar-refractivity contribution in [1.29, 1.82) is 0 Å². The van der Waals surface area contributed by atoms with Crippen LogP contribution in [0.15, 0.2) is 24.3 Å². The summed E-state index contributed by atoms with van der Waals surface area (Å²) < 4.78 is 13.6. The lowest BCUT2D eigenvalue weighted by Crippen LogP contribution is -2.45. The van der Waals surface area contributed by atoms with Crippen LogP contribution in [0.1, 0.15) is 38.2 Å². The van der Waals surface area contributed by atoms with E-state index in [0.717, 1.165) is 12.8 Å². The van der Waals surface area contributed by atoms with Crippen molar-refractivity contribution >= 4 is 6.03 Å². The van der Waals surface area contributed by atoms with E-state index in [1.54, 1.807) is 18.2 Å². The molecule has 5 heteroatoms. The Hall–Kier alpha value is -1.62. The number of rotatable bonds is 6. The second-order valence-electron chi connectivity index (χ2n) is 6.10. The fourth-order valence-electron chi connectivity index (χ4n) is 2.62. The lowest BCUT2D eigenvalue weighted by Gasteiger charge is -2.18. The second-order valence-corrected chi connectivity index (χ2v) is 6.10. The van der Waals surface area contributed by atoms with Gasteiger partial charge in [0, 0.05) is 12.0 Å². The van der Waals surface area contributed by atoms with E-state index < -0.39 is 0 Å². The van der Waals surface area contributed by atoms with Crippen molar-refractivity contribution in [2.75, 3.05) is 6.61 Å². The number of nitrogens with one attached hydrogen (secondary N) is 2. The van der Waals surface area contributed by atoms with Crippen LogP contribution in [0, 0.1) is 11.7 Å². The van der Waals surface area contributed by atoms with Crippen LogP contribution in [0.5, 0.6) is 0 Å². The quantitative estimate of drug-likeness (QED) is 0.754. The average molecular weight is 294 g/mol. The first kappa shape index (κ1) is 15.8. The molecule has 1 aromatic carbocycles. The first-order valence-corrected chi connectivity index (χ1v) is 7.43. The molecule has 0 bridgehead atoms. The van der Waals surface area contributed by atoms with Crippen LogP contribution in [-0.2, 0) is 0 Å². The number of carbonyl (C=O) groups excluding carboxylic acids is 1. The number of halogens is 1. The lowest BCUT2D eigenvalue weighted by molar-refractivity contribution is 0.206. The molecular formula is C16H23FN2O2. The summed E-state index contributed by atoms with van der Waals surface area (Å²) in [4.78, 5) is 11.9. The maximum atomic E-state index is 13.6. The molecule has 116 valence electrons. The molecule has 1 saturated carbocycles. The first-order valence-electron chi connectivity index (χ1n) is 7.43. The van der Waals surface area contributed by atoms with Crippen LogP contribution in [0.25, 0.3) is 0 Å². The fraction of sp³-hybridized carbons (Fsp3) is 0.562. The van der Waals surface area contributed by atoms with E-state index in [0.29, 0.717) is 11.5 Å². The van der Waals surface area contributed by atoms with Crippen LogP contribution >= 0.6 is 0 Å². The van der Waals surface area contributed by atoms with Crippen molar-refractivity contribution in [3.63, 3.8) is 0 Å². The number of carbonyl (C=O) groups is 1. The van der Waals surface area contributed by atoms with Crippen molar-refractivity contribution in [2.45, 2.75) is 44.7 Å². The number of benzene rings is 1. The number of hydrogen-bond acceptors (Lipinski definition) is 2. The van der Waals surface area contributed by atoms with E-state index in [9.17, 15) is 14.3 Å². The zero-order chi connectivity index (χ0) is 15.4. The Morgan fingerprint density at radius 1 is 1.43 bits per heavy atom. The van der Waals surface area contributed by atoms with Crippen molar-refractivity contribution in [3.8, 4) is 0 Å². The SMILES string of the molecule is CC(C)CC(CO)NC(=O)NC1CC1c1ccccc1F. The predicted octanol–water partition coefficient (Wildman–Crippen LogP) is 2.39. The zero-order valence-corrected chi connectivity index (χ0v) is 12.5. The number of amides is 2. The molecule has 0 radical (unpaired) electrons. The summed E-state index contributed by atoms with van der Waals surface area (Å²) in [7, 11) is 0. The Bertz CT molecular complexity index is 493. The monoisotopic (exact) mass is 294 g/mol. The highest BCUT2D eigenvalue weighted by atomic mass is 19.1. The fourth-order valence-corrected chi connectivity index (χ4v) is 2.62. The van der Waals surface area contributed by atoms with Gasteiger partial charge in [-0.25, -0.2) is 9.18 Å². The maximum absolute atomic E-state index is 13.6. The highest BCUT2D eigenvalue weighted by Crippen LogP contribution is 2.41. The molecule has 3 N–H and O–H groups in total. The number of aliphatic hydroxyl groups excluding tert-OH is 1. The molecule has 1 fully saturated rings. The van der Waals surface area contributed by atoms with E-state index in [2.05, 4.69) is 10.6 Å². The van der Waals surface area contributed by atoms with E-state index in [-0.39, 0.29) is 36.5 Å². The van der Waals surface area contributed by atoms with Gasteiger partial charge in [-0.3, -0.25) is 0 Å². The van der Waals surface area contributed by atoms with Gasteiger partial charge in [0.1, 0.15) is 5.82 Å². The number of hydrogen-bond donors (Lipinski definition) is 3. The van der Waals surface area contributed by atoms with Crippen LogP contribution in [-0.4, -0.2) is 29.8 Å². The van der Waals surface area contributed by atoms with Crippen LogP contribution in [0.4, 0.5) is 9.18 Å². The first-order chi connectivity index (χ1) is 10.0. The molecule has 0 saturated heterocycles. The van der Waals surface area contributed by atoms with E-state index >= 15 is 0 Å². The van der Waals surface area contributed by atoms with Crippen molar-refractivity contribution in [3.05, 3.63) is 35.6 Å². The van der Waals surface area contributed by atoms with Crippen LogP contribution < -0.4 is 10.6 Å². The highest BCUT2D eigenvalue weighted by molar-refractivity contribution is 5.75. The van der Waals surface area contributed by atoms with Gasteiger partial charge in [0.2, 0.25) is 0 Å². The molecule has 3 atom stereocenters. The lowest BCUT2D eigenvalue weighted by atomic mass is 10.0. The van der Waals surface area contributed by atoms with Crippen molar-refractivity contribution in [1.82, 2.24) is 10.6 Å². The van der Waals surface area contributed by atoms with Gasteiger partial charge >= 0.3 is 6.03 Å². The minimum atomic E-state index is -0.293. The highest BCUT2D eigenvalue weighted by Gasteiger charge is 2.41. The van der Waals surface area contributed by atoms with Gasteiger partial charge in [-0.05, 0) is 30.4 Å². The molecular weight excluding hydrogens is 271 g/mol. The summed E-state index contributed by atoms with van der Waals surface area (Å²) >= 11 is 0. The molecule has 21 heavy (non-hydrogen) atoms. The summed E-state index contributed by atoms with van der Waals surface area (Å²) in [6.07, 6.45) is 1.48. The van der Waals surface area contributed by atoms with Crippen LogP contribution in [0.3, 0.4) is 0 Å². The minimum Gasteiger partial charge on any atom is -0.394 e. The van der Waals surface area contributed by atoms with Gasteiger partial charge in [-0.1, -0.05) is 32.0 Å². The normalized spacial score (nSPS) is 22.0. The van der Waals surface area contributed by atoms with Gasteiger partial charge in [0.15, 0.2) is 0 Å². The Morgan fingerprint density at radius 3 is 2.76 bits per heavy atom. The van der Waals surface area contributed by atoms with Gasteiger partial charge in [0.25, 0.3) is 0 Å². The Balaban J connectivity index is 1.81. The molecule has 1 aliphatic carbocycles. The van der Waals surface area contributed by atoms with Gasteiger partial charge in [-0.2, -0.15) is 0 Å².